The third kappa shape index (κ3) is 3.20. The number of nitro groups is 1. The molecule has 24 heavy (non-hydrogen) atoms. The molecule has 128 valence electrons. The van der Waals surface area contributed by atoms with Crippen LogP contribution < -0.4 is 5.32 Å². The molecule has 0 fully saturated rings. The van der Waals surface area contributed by atoms with Gasteiger partial charge in [0, 0.05) is 18.3 Å². The summed E-state index contributed by atoms with van der Waals surface area (Å²) >= 11 is 11.2. The summed E-state index contributed by atoms with van der Waals surface area (Å²) in [5.74, 6) is -0.524. The molecule has 0 saturated carbocycles. The Balaban J connectivity index is 2.61. The molecule has 0 bridgehead atoms. The smallest absolute Gasteiger partial charge is 0.337 e. The van der Waals surface area contributed by atoms with Gasteiger partial charge >= 0.3 is 5.97 Å². The van der Waals surface area contributed by atoms with Gasteiger partial charge in [-0.2, -0.15) is 0 Å². The van der Waals surface area contributed by atoms with E-state index in [9.17, 15) is 14.9 Å². The van der Waals surface area contributed by atoms with Crippen molar-refractivity contribution < 1.29 is 14.5 Å². The molecule has 9 heteroatoms. The summed E-state index contributed by atoms with van der Waals surface area (Å²) in [4.78, 5) is 24.6. The molecule has 0 aliphatic carbocycles. The summed E-state index contributed by atoms with van der Waals surface area (Å²) in [5.41, 5.74) is 1.27. The molecule has 1 aromatic rings. The second-order valence-corrected chi connectivity index (χ2v) is 5.88. The molecule has 1 N–H and O–H groups in total. The van der Waals surface area contributed by atoms with Crippen LogP contribution in [0, 0.1) is 10.1 Å². The number of nitro benzene ring substituents is 1. The zero-order valence-corrected chi connectivity index (χ0v) is 14.9. The minimum absolute atomic E-state index is 0.0256. The number of thiocarbonyl (C=S) groups is 1. The Morgan fingerprint density at radius 1 is 1.54 bits per heavy atom. The summed E-state index contributed by atoms with van der Waals surface area (Å²) in [6.07, 6.45) is 0. The van der Waals surface area contributed by atoms with E-state index in [2.05, 4.69) is 5.32 Å². The lowest BCUT2D eigenvalue weighted by Crippen LogP contribution is -2.47. The highest BCUT2D eigenvalue weighted by molar-refractivity contribution is 7.80. The number of methoxy groups -OCH3 is 1. The minimum atomic E-state index is -0.649. The second kappa shape index (κ2) is 7.14. The van der Waals surface area contributed by atoms with Gasteiger partial charge < -0.3 is 15.0 Å². The zero-order chi connectivity index (χ0) is 18.0. The lowest BCUT2D eigenvalue weighted by Gasteiger charge is -2.36. The van der Waals surface area contributed by atoms with Gasteiger partial charge in [0.1, 0.15) is 5.02 Å². The molecular weight excluding hydrogens is 354 g/mol. The maximum absolute atomic E-state index is 12.3. The topological polar surface area (TPSA) is 84.7 Å². The fraction of sp³-hybridized carbons (Fsp3) is 0.333. The molecule has 7 nitrogen and oxygen atoms in total. The van der Waals surface area contributed by atoms with E-state index in [-0.39, 0.29) is 10.7 Å². The molecule has 0 saturated heterocycles. The number of esters is 1. The van der Waals surface area contributed by atoms with E-state index < -0.39 is 16.9 Å². The van der Waals surface area contributed by atoms with Crippen molar-refractivity contribution in [1.29, 1.82) is 0 Å². The van der Waals surface area contributed by atoms with Crippen molar-refractivity contribution in [2.45, 2.75) is 19.9 Å². The SMILES string of the molecule is CCN1C(=S)N[C@H](c2ccc(Cl)c([N+](=O)[O-])c2)C(C(=O)OC)=C1C. The molecule has 1 atom stereocenters. The number of carbonyl (C=O) groups is 1. The Bertz CT molecular complexity index is 750. The van der Waals surface area contributed by atoms with Crippen molar-refractivity contribution >= 4 is 40.6 Å². The summed E-state index contributed by atoms with van der Waals surface area (Å²) in [6, 6.07) is 3.73. The molecule has 2 rings (SSSR count). The number of hydrogen-bond donors (Lipinski definition) is 1. The number of allylic oxidation sites excluding steroid dienone is 1. The van der Waals surface area contributed by atoms with Crippen LogP contribution in [0.3, 0.4) is 0 Å². The van der Waals surface area contributed by atoms with Gasteiger partial charge in [-0.15, -0.1) is 0 Å². The van der Waals surface area contributed by atoms with Gasteiger partial charge in [-0.25, -0.2) is 4.79 Å². The largest absolute Gasteiger partial charge is 0.466 e. The predicted molar refractivity (Wildman–Crippen MR) is 93.7 cm³/mol. The van der Waals surface area contributed by atoms with Crippen LogP contribution in [0.5, 0.6) is 0 Å². The van der Waals surface area contributed by atoms with E-state index in [0.29, 0.717) is 28.5 Å². The first-order chi connectivity index (χ1) is 11.3. The van der Waals surface area contributed by atoms with E-state index in [1.54, 1.807) is 17.9 Å². The van der Waals surface area contributed by atoms with Gasteiger partial charge in [0.15, 0.2) is 5.11 Å². The van der Waals surface area contributed by atoms with Crippen molar-refractivity contribution in [3.05, 3.63) is 50.2 Å². The molecule has 0 radical (unpaired) electrons. The van der Waals surface area contributed by atoms with E-state index in [1.165, 1.54) is 19.2 Å². The van der Waals surface area contributed by atoms with E-state index in [1.807, 2.05) is 6.92 Å². The Labute approximate surface area is 149 Å². The molecule has 0 amide bonds. The van der Waals surface area contributed by atoms with Crippen molar-refractivity contribution in [3.8, 4) is 0 Å². The van der Waals surface area contributed by atoms with Crippen molar-refractivity contribution in [2.24, 2.45) is 0 Å². The van der Waals surface area contributed by atoms with Gasteiger partial charge in [-0.05, 0) is 37.7 Å². The van der Waals surface area contributed by atoms with Crippen molar-refractivity contribution in [2.75, 3.05) is 13.7 Å². The first-order valence-corrected chi connectivity index (χ1v) is 7.91. The van der Waals surface area contributed by atoms with Gasteiger partial charge in [0.2, 0.25) is 0 Å². The molecule has 1 aromatic carbocycles. The number of ether oxygens (including phenoxy) is 1. The van der Waals surface area contributed by atoms with Crippen LogP contribution in [0.25, 0.3) is 0 Å². The Kier molecular flexibility index (Phi) is 5.40. The first kappa shape index (κ1) is 18.2. The highest BCUT2D eigenvalue weighted by Gasteiger charge is 2.34. The number of nitrogens with one attached hydrogen (secondary N) is 1. The molecule has 1 heterocycles. The maximum Gasteiger partial charge on any atom is 0.337 e. The van der Waals surface area contributed by atoms with Gasteiger partial charge in [0.25, 0.3) is 5.69 Å². The average Bonchev–Trinajstić information content (AvgIpc) is 2.54. The number of rotatable bonds is 4. The molecule has 1 aliphatic heterocycles. The lowest BCUT2D eigenvalue weighted by atomic mass is 9.94. The normalized spacial score (nSPS) is 17.6. The highest BCUT2D eigenvalue weighted by atomic mass is 35.5. The number of benzene rings is 1. The average molecular weight is 370 g/mol. The Morgan fingerprint density at radius 3 is 2.75 bits per heavy atom. The third-order valence-electron chi connectivity index (χ3n) is 3.82. The zero-order valence-electron chi connectivity index (χ0n) is 13.3. The summed E-state index contributed by atoms with van der Waals surface area (Å²) in [7, 11) is 1.28. The first-order valence-electron chi connectivity index (χ1n) is 7.12. The van der Waals surface area contributed by atoms with E-state index >= 15 is 0 Å². The summed E-state index contributed by atoms with van der Waals surface area (Å²) < 4.78 is 4.87. The molecule has 0 unspecified atom stereocenters. The van der Waals surface area contributed by atoms with Crippen LogP contribution >= 0.6 is 23.8 Å². The predicted octanol–water partition coefficient (Wildman–Crippen LogP) is 2.95. The fourth-order valence-electron chi connectivity index (χ4n) is 2.64. The van der Waals surface area contributed by atoms with Crippen LogP contribution in [0.4, 0.5) is 5.69 Å². The fourth-order valence-corrected chi connectivity index (χ4v) is 3.21. The van der Waals surface area contributed by atoms with Crippen LogP contribution in [-0.4, -0.2) is 34.6 Å². The molecule has 1 aliphatic rings. The van der Waals surface area contributed by atoms with Crippen molar-refractivity contribution in [3.63, 3.8) is 0 Å². The lowest BCUT2D eigenvalue weighted by molar-refractivity contribution is -0.384. The third-order valence-corrected chi connectivity index (χ3v) is 4.48. The van der Waals surface area contributed by atoms with Gasteiger partial charge in [0.05, 0.1) is 23.6 Å². The van der Waals surface area contributed by atoms with Crippen LogP contribution in [-0.2, 0) is 9.53 Å². The maximum atomic E-state index is 12.3. The van der Waals surface area contributed by atoms with Crippen molar-refractivity contribution in [1.82, 2.24) is 10.2 Å². The Hall–Kier alpha value is -2.19. The Morgan fingerprint density at radius 2 is 2.21 bits per heavy atom. The monoisotopic (exact) mass is 369 g/mol. The molecular formula is C15H16ClN3O4S. The van der Waals surface area contributed by atoms with Crippen LogP contribution in [0.2, 0.25) is 5.02 Å². The number of halogens is 1. The molecule has 0 spiro atoms. The van der Waals surface area contributed by atoms with Crippen LogP contribution in [0.15, 0.2) is 29.5 Å². The summed E-state index contributed by atoms with van der Waals surface area (Å²) in [5, 5.41) is 14.6. The van der Waals surface area contributed by atoms with Gasteiger partial charge in [-0.3, -0.25) is 10.1 Å². The van der Waals surface area contributed by atoms with Crippen LogP contribution in [0.1, 0.15) is 25.5 Å². The van der Waals surface area contributed by atoms with E-state index in [4.69, 9.17) is 28.6 Å². The number of hydrogen-bond acceptors (Lipinski definition) is 5. The standard InChI is InChI=1S/C15H16ClN3O4S/c1-4-18-8(2)12(14(20)23-3)13(17-15(18)24)9-5-6-10(16)11(7-9)19(21)22/h5-7,13H,4H2,1-3H3,(H,17,24)/t13-/m1/s1. The quantitative estimate of drug-likeness (QED) is 0.378. The second-order valence-electron chi connectivity index (χ2n) is 5.09. The summed E-state index contributed by atoms with van der Waals surface area (Å²) in [6.45, 7) is 4.24. The highest BCUT2D eigenvalue weighted by Crippen LogP contribution is 2.34. The number of nitrogens with zero attached hydrogens (tertiary/aromatic N) is 2. The minimum Gasteiger partial charge on any atom is -0.466 e. The molecule has 0 aromatic heterocycles. The number of carbonyl (C=O) groups excluding carboxylic acids is 1. The van der Waals surface area contributed by atoms with Gasteiger partial charge in [-0.1, -0.05) is 17.7 Å². The van der Waals surface area contributed by atoms with E-state index in [0.717, 1.165) is 0 Å².